The first-order valence-corrected chi connectivity index (χ1v) is 5.24. The molecule has 0 aliphatic carbocycles. The molecule has 1 N–H and O–H groups in total. The topological polar surface area (TPSA) is 20.2 Å². The molecule has 0 aliphatic heterocycles. The normalized spacial score (nSPS) is 14.5. The van der Waals surface area contributed by atoms with Gasteiger partial charge in [0.2, 0.25) is 0 Å². The highest BCUT2D eigenvalue weighted by molar-refractivity contribution is 4.96. The lowest BCUT2D eigenvalue weighted by atomic mass is 9.93. The third-order valence-electron chi connectivity index (χ3n) is 2.28. The minimum Gasteiger partial charge on any atom is -0.390 e. The Morgan fingerprint density at radius 2 is 1.92 bits per heavy atom. The molecule has 1 nitrogen and oxygen atoms in total. The van der Waals surface area contributed by atoms with Gasteiger partial charge >= 0.3 is 0 Å². The molecule has 0 fully saturated rings. The first kappa shape index (κ1) is 12.5. The van der Waals surface area contributed by atoms with E-state index in [-0.39, 0.29) is 0 Å². The van der Waals surface area contributed by atoms with Crippen LogP contribution in [0, 0.1) is 11.8 Å². The Labute approximate surface area is 82.5 Å². The van der Waals surface area contributed by atoms with Gasteiger partial charge in [0.05, 0.1) is 5.60 Å². The van der Waals surface area contributed by atoms with Crippen LogP contribution in [-0.2, 0) is 0 Å². The summed E-state index contributed by atoms with van der Waals surface area (Å²) < 4.78 is 0. The van der Waals surface area contributed by atoms with Gasteiger partial charge in [0.25, 0.3) is 0 Å². The molecule has 0 aliphatic rings. The lowest BCUT2D eigenvalue weighted by molar-refractivity contribution is 0.0409. The van der Waals surface area contributed by atoms with Gasteiger partial charge in [-0.05, 0) is 26.7 Å². The van der Waals surface area contributed by atoms with Gasteiger partial charge in [-0.3, -0.25) is 0 Å². The molecule has 1 unspecified atom stereocenters. The van der Waals surface area contributed by atoms with Gasteiger partial charge in [-0.2, -0.15) is 0 Å². The molecule has 13 heavy (non-hydrogen) atoms. The van der Waals surface area contributed by atoms with Crippen molar-refractivity contribution in [1.82, 2.24) is 0 Å². The second-order valence-corrected chi connectivity index (χ2v) is 3.88. The molecule has 0 aromatic rings. The van der Waals surface area contributed by atoms with E-state index in [0.29, 0.717) is 0 Å². The van der Waals surface area contributed by atoms with Gasteiger partial charge in [-0.1, -0.05) is 26.2 Å². The average Bonchev–Trinajstić information content (AvgIpc) is 2.05. The summed E-state index contributed by atoms with van der Waals surface area (Å²) in [5, 5.41) is 9.90. The monoisotopic (exact) mass is 182 g/mol. The molecule has 0 spiro atoms. The fraction of sp³-hybridized carbons (Fsp3) is 0.833. The molecule has 0 rings (SSSR count). The van der Waals surface area contributed by atoms with Crippen LogP contribution in [0.3, 0.4) is 0 Å². The third kappa shape index (κ3) is 7.87. The quantitative estimate of drug-likeness (QED) is 0.494. The van der Waals surface area contributed by atoms with Crippen LogP contribution in [0.2, 0.25) is 0 Å². The SMILES string of the molecule is CC#CCCC(C)(O)CCCCC. The molecule has 0 aromatic heterocycles. The van der Waals surface area contributed by atoms with Gasteiger partial charge in [-0.25, -0.2) is 0 Å². The number of aliphatic hydroxyl groups is 1. The van der Waals surface area contributed by atoms with Crippen molar-refractivity contribution in [2.24, 2.45) is 0 Å². The summed E-state index contributed by atoms with van der Waals surface area (Å²) in [6.07, 6.45) is 6.09. The van der Waals surface area contributed by atoms with E-state index in [9.17, 15) is 5.11 Å². The van der Waals surface area contributed by atoms with Crippen molar-refractivity contribution < 1.29 is 5.11 Å². The zero-order chi connectivity index (χ0) is 10.2. The number of hydrogen-bond donors (Lipinski definition) is 1. The van der Waals surface area contributed by atoms with Crippen LogP contribution >= 0.6 is 0 Å². The van der Waals surface area contributed by atoms with Crippen molar-refractivity contribution in [3.8, 4) is 11.8 Å². The summed E-state index contributed by atoms with van der Waals surface area (Å²) in [6, 6.07) is 0. The zero-order valence-electron chi connectivity index (χ0n) is 9.19. The lowest BCUT2D eigenvalue weighted by Gasteiger charge is -2.21. The summed E-state index contributed by atoms with van der Waals surface area (Å²) in [7, 11) is 0. The summed E-state index contributed by atoms with van der Waals surface area (Å²) >= 11 is 0. The predicted octanol–water partition coefficient (Wildman–Crippen LogP) is 3.12. The smallest absolute Gasteiger partial charge is 0.0628 e. The van der Waals surface area contributed by atoms with E-state index in [4.69, 9.17) is 0 Å². The Balaban J connectivity index is 3.57. The molecule has 0 bridgehead atoms. The fourth-order valence-electron chi connectivity index (χ4n) is 1.34. The second-order valence-electron chi connectivity index (χ2n) is 3.88. The van der Waals surface area contributed by atoms with Gasteiger partial charge in [0.1, 0.15) is 0 Å². The Morgan fingerprint density at radius 3 is 2.46 bits per heavy atom. The van der Waals surface area contributed by atoms with Crippen molar-refractivity contribution >= 4 is 0 Å². The van der Waals surface area contributed by atoms with Crippen LogP contribution < -0.4 is 0 Å². The molecule has 0 amide bonds. The zero-order valence-corrected chi connectivity index (χ0v) is 9.19. The fourth-order valence-corrected chi connectivity index (χ4v) is 1.34. The Hall–Kier alpha value is -0.480. The Kier molecular flexibility index (Phi) is 6.72. The first-order valence-electron chi connectivity index (χ1n) is 5.24. The summed E-state index contributed by atoms with van der Waals surface area (Å²) in [4.78, 5) is 0. The summed E-state index contributed by atoms with van der Waals surface area (Å²) in [5.41, 5.74) is -0.501. The van der Waals surface area contributed by atoms with E-state index < -0.39 is 5.60 Å². The minimum absolute atomic E-state index is 0.501. The number of rotatable bonds is 6. The van der Waals surface area contributed by atoms with Crippen LogP contribution in [0.4, 0.5) is 0 Å². The van der Waals surface area contributed by atoms with Crippen LogP contribution in [0.1, 0.15) is 59.3 Å². The summed E-state index contributed by atoms with van der Waals surface area (Å²) in [6.45, 7) is 5.93. The van der Waals surface area contributed by atoms with Crippen LogP contribution in [0.15, 0.2) is 0 Å². The molecule has 76 valence electrons. The maximum absolute atomic E-state index is 9.90. The first-order chi connectivity index (χ1) is 6.12. The van der Waals surface area contributed by atoms with E-state index in [1.165, 1.54) is 12.8 Å². The number of unbranched alkanes of at least 4 members (excludes halogenated alkanes) is 2. The molecular weight excluding hydrogens is 160 g/mol. The largest absolute Gasteiger partial charge is 0.390 e. The average molecular weight is 182 g/mol. The molecule has 0 saturated carbocycles. The van der Waals surface area contributed by atoms with Crippen molar-refractivity contribution in [1.29, 1.82) is 0 Å². The Bertz CT molecular complexity index is 171. The van der Waals surface area contributed by atoms with E-state index in [1.54, 1.807) is 0 Å². The van der Waals surface area contributed by atoms with Crippen molar-refractivity contribution in [2.75, 3.05) is 0 Å². The third-order valence-corrected chi connectivity index (χ3v) is 2.28. The molecule has 0 heterocycles. The van der Waals surface area contributed by atoms with E-state index >= 15 is 0 Å². The van der Waals surface area contributed by atoms with Crippen LogP contribution in [0.25, 0.3) is 0 Å². The van der Waals surface area contributed by atoms with Gasteiger partial charge in [0.15, 0.2) is 0 Å². The highest BCUT2D eigenvalue weighted by Crippen LogP contribution is 2.19. The lowest BCUT2D eigenvalue weighted by Crippen LogP contribution is -2.23. The highest BCUT2D eigenvalue weighted by atomic mass is 16.3. The standard InChI is InChI=1S/C12H22O/c1-4-6-8-10-12(3,13)11-9-7-5-2/h13H,4,6,8-11H2,1-3H3. The van der Waals surface area contributed by atoms with Crippen molar-refractivity contribution in [2.45, 2.75) is 64.9 Å². The van der Waals surface area contributed by atoms with Gasteiger partial charge in [-0.15, -0.1) is 11.8 Å². The number of hydrogen-bond acceptors (Lipinski definition) is 1. The van der Waals surface area contributed by atoms with Crippen molar-refractivity contribution in [3.63, 3.8) is 0 Å². The molecule has 1 atom stereocenters. The van der Waals surface area contributed by atoms with Gasteiger partial charge in [0, 0.05) is 6.42 Å². The van der Waals surface area contributed by atoms with Gasteiger partial charge < -0.3 is 5.11 Å². The molecule has 0 aromatic carbocycles. The molecule has 0 saturated heterocycles. The molecular formula is C12H22O. The maximum Gasteiger partial charge on any atom is 0.0628 e. The van der Waals surface area contributed by atoms with Crippen LogP contribution in [-0.4, -0.2) is 10.7 Å². The Morgan fingerprint density at radius 1 is 1.23 bits per heavy atom. The predicted molar refractivity (Wildman–Crippen MR) is 57.4 cm³/mol. The maximum atomic E-state index is 9.90. The highest BCUT2D eigenvalue weighted by Gasteiger charge is 2.18. The second kappa shape index (κ2) is 6.97. The minimum atomic E-state index is -0.501. The van der Waals surface area contributed by atoms with E-state index in [2.05, 4.69) is 18.8 Å². The summed E-state index contributed by atoms with van der Waals surface area (Å²) in [5.74, 6) is 5.83. The van der Waals surface area contributed by atoms with E-state index in [1.807, 2.05) is 13.8 Å². The van der Waals surface area contributed by atoms with E-state index in [0.717, 1.165) is 25.7 Å². The van der Waals surface area contributed by atoms with Crippen molar-refractivity contribution in [3.05, 3.63) is 0 Å². The van der Waals surface area contributed by atoms with Crippen LogP contribution in [0.5, 0.6) is 0 Å². The molecule has 0 radical (unpaired) electrons. The molecule has 1 heteroatoms.